The van der Waals surface area contributed by atoms with Gasteiger partial charge in [-0.3, -0.25) is 9.59 Å². The third-order valence-corrected chi connectivity index (χ3v) is 18.7. The van der Waals surface area contributed by atoms with Gasteiger partial charge in [0.15, 0.2) is 0 Å². The van der Waals surface area contributed by atoms with Crippen LogP contribution in [0.15, 0.2) is 48.5 Å². The van der Waals surface area contributed by atoms with Gasteiger partial charge >= 0.3 is 0 Å². The molecule has 8 heteroatoms. The van der Waals surface area contributed by atoms with Crippen molar-refractivity contribution >= 4 is 11.8 Å². The van der Waals surface area contributed by atoms with Crippen LogP contribution in [0.2, 0.25) is 0 Å². The number of ether oxygens (including phenoxy) is 1. The Bertz CT molecular complexity index is 1870. The fourth-order valence-electron chi connectivity index (χ4n) is 15.9. The highest BCUT2D eigenvalue weighted by atomic mass is 16.5. The highest BCUT2D eigenvalue weighted by Gasteiger charge is 2.68. The lowest BCUT2D eigenvalue weighted by molar-refractivity contribution is -0.217. The third kappa shape index (κ3) is 8.64. The summed E-state index contributed by atoms with van der Waals surface area (Å²) in [7, 11) is 0. The average Bonchev–Trinajstić information content (AvgIpc) is 3.65. The summed E-state index contributed by atoms with van der Waals surface area (Å²) >= 11 is 0. The van der Waals surface area contributed by atoms with Crippen LogP contribution in [-0.4, -0.2) is 72.8 Å². The number of carbonyl (C=O) groups is 2. The van der Waals surface area contributed by atoms with Crippen LogP contribution in [-0.2, 0) is 17.8 Å². The van der Waals surface area contributed by atoms with Crippen molar-refractivity contribution in [3.8, 4) is 5.75 Å². The van der Waals surface area contributed by atoms with Crippen LogP contribution < -0.4 is 20.7 Å². The lowest BCUT2D eigenvalue weighted by Crippen LogP contribution is -2.64. The second-order valence-corrected chi connectivity index (χ2v) is 23.0. The van der Waals surface area contributed by atoms with Crippen molar-refractivity contribution in [3.63, 3.8) is 0 Å². The lowest BCUT2D eigenvalue weighted by atomic mass is 9.36. The van der Waals surface area contributed by atoms with E-state index in [-0.39, 0.29) is 28.3 Å². The summed E-state index contributed by atoms with van der Waals surface area (Å²) in [6.45, 7) is 24.2. The smallest absolute Gasteiger partial charge is 0.251 e. The molecule has 5 saturated carbocycles. The van der Waals surface area contributed by atoms with Crippen LogP contribution in [0.1, 0.15) is 148 Å². The molecule has 2 amide bonds. The number of benzene rings is 2. The van der Waals surface area contributed by atoms with Gasteiger partial charge < -0.3 is 30.7 Å². The van der Waals surface area contributed by atoms with Gasteiger partial charge in [0.1, 0.15) is 5.75 Å². The topological polar surface area (TPSA) is 103 Å². The van der Waals surface area contributed by atoms with Gasteiger partial charge in [-0.25, -0.2) is 0 Å². The molecule has 6 fully saturated rings. The number of hydrogen-bond donors (Lipinski definition) is 4. The Morgan fingerprint density at radius 1 is 0.839 bits per heavy atom. The van der Waals surface area contributed by atoms with E-state index in [2.05, 4.69) is 82.3 Å². The molecule has 5 aliphatic carbocycles. The number of aliphatic hydroxyl groups is 1. The van der Waals surface area contributed by atoms with E-state index in [1.165, 1.54) is 32.1 Å². The Hall–Kier alpha value is -2.94. The van der Waals surface area contributed by atoms with Crippen LogP contribution in [0.25, 0.3) is 0 Å². The Balaban J connectivity index is 0.837. The van der Waals surface area contributed by atoms with Gasteiger partial charge in [0.2, 0.25) is 5.91 Å². The first-order valence-electron chi connectivity index (χ1n) is 25.1. The molecule has 1 heterocycles. The Morgan fingerprint density at radius 3 is 2.31 bits per heavy atom. The average molecular weight is 851 g/mol. The van der Waals surface area contributed by atoms with Crippen molar-refractivity contribution in [1.29, 1.82) is 0 Å². The van der Waals surface area contributed by atoms with Gasteiger partial charge in [-0.1, -0.05) is 65.8 Å². The SMILES string of the molecule is CC1CN(CCCOc2ccc(CNC(=O)c3cccc(CCNC(=O)C45CCC(C(C)C)C4C4CCC6C(C)(CCC7C(C)(C)C(O)CCC76C)C4CC5)c3)cc2)CC(C)N1. The van der Waals surface area contributed by atoms with Gasteiger partial charge in [0.05, 0.1) is 18.1 Å². The Morgan fingerprint density at radius 2 is 1.56 bits per heavy atom. The van der Waals surface area contributed by atoms with E-state index >= 15 is 0 Å². The molecule has 342 valence electrons. The van der Waals surface area contributed by atoms with Gasteiger partial charge in [-0.05, 0) is 184 Å². The number of hydrogen-bond acceptors (Lipinski definition) is 6. The van der Waals surface area contributed by atoms with Gasteiger partial charge in [0, 0.05) is 50.4 Å². The van der Waals surface area contributed by atoms with E-state index in [0.717, 1.165) is 75.0 Å². The maximum absolute atomic E-state index is 14.7. The Kier molecular flexibility index (Phi) is 13.4. The summed E-state index contributed by atoms with van der Waals surface area (Å²) in [6.07, 6.45) is 13.0. The van der Waals surface area contributed by atoms with Crippen LogP contribution >= 0.6 is 0 Å². The number of aliphatic hydroxyl groups excluding tert-OH is 1. The summed E-state index contributed by atoms with van der Waals surface area (Å²) in [6, 6.07) is 17.0. The molecule has 1 saturated heterocycles. The molecule has 62 heavy (non-hydrogen) atoms. The minimum atomic E-state index is -0.272. The fraction of sp³-hybridized carbons (Fsp3) is 0.741. The van der Waals surface area contributed by atoms with E-state index < -0.39 is 0 Å². The number of nitrogens with zero attached hydrogens (tertiary/aromatic N) is 1. The Labute approximate surface area is 374 Å². The molecule has 0 aromatic heterocycles. The number of fused-ring (bicyclic) bond motifs is 7. The van der Waals surface area contributed by atoms with Gasteiger partial charge in [0.25, 0.3) is 5.91 Å². The molecule has 0 radical (unpaired) electrons. The molecule has 4 N–H and O–H groups in total. The zero-order valence-corrected chi connectivity index (χ0v) is 39.7. The zero-order valence-electron chi connectivity index (χ0n) is 39.7. The van der Waals surface area contributed by atoms with Crippen molar-refractivity contribution in [2.75, 3.05) is 32.8 Å². The van der Waals surface area contributed by atoms with Crippen LogP contribution in [0.4, 0.5) is 0 Å². The van der Waals surface area contributed by atoms with Crippen molar-refractivity contribution in [3.05, 3.63) is 65.2 Å². The van der Waals surface area contributed by atoms with Crippen molar-refractivity contribution in [1.82, 2.24) is 20.9 Å². The summed E-state index contributed by atoms with van der Waals surface area (Å²) < 4.78 is 6.03. The van der Waals surface area contributed by atoms with Crippen molar-refractivity contribution in [2.24, 2.45) is 63.1 Å². The summed E-state index contributed by atoms with van der Waals surface area (Å²) in [5.74, 6) is 5.24. The molecule has 0 bridgehead atoms. The van der Waals surface area contributed by atoms with Gasteiger partial charge in [-0.2, -0.15) is 0 Å². The number of piperazine rings is 1. The summed E-state index contributed by atoms with van der Waals surface area (Å²) in [5.41, 5.74) is 3.03. The molecule has 6 aliphatic rings. The van der Waals surface area contributed by atoms with Gasteiger partial charge in [-0.15, -0.1) is 0 Å². The number of rotatable bonds is 13. The zero-order chi connectivity index (χ0) is 44.0. The predicted octanol–water partition coefficient (Wildman–Crippen LogP) is 9.43. The second-order valence-electron chi connectivity index (χ2n) is 23.0. The molecule has 2 aromatic rings. The van der Waals surface area contributed by atoms with Crippen molar-refractivity contribution < 1.29 is 19.4 Å². The van der Waals surface area contributed by atoms with E-state index in [1.807, 2.05) is 42.5 Å². The maximum atomic E-state index is 14.7. The highest BCUT2D eigenvalue weighted by Crippen LogP contribution is 2.73. The van der Waals surface area contributed by atoms with E-state index in [9.17, 15) is 14.7 Å². The van der Waals surface area contributed by atoms with E-state index in [4.69, 9.17) is 4.74 Å². The summed E-state index contributed by atoms with van der Waals surface area (Å²) in [5, 5.41) is 21.3. The van der Waals surface area contributed by atoms with Crippen LogP contribution in [0.5, 0.6) is 5.75 Å². The molecule has 8 nitrogen and oxygen atoms in total. The van der Waals surface area contributed by atoms with Crippen LogP contribution in [0.3, 0.4) is 0 Å². The molecule has 8 rings (SSSR count). The number of carbonyl (C=O) groups excluding carboxylic acids is 2. The predicted molar refractivity (Wildman–Crippen MR) is 250 cm³/mol. The maximum Gasteiger partial charge on any atom is 0.251 e. The first-order chi connectivity index (χ1) is 29.5. The summed E-state index contributed by atoms with van der Waals surface area (Å²) in [4.78, 5) is 30.5. The first-order valence-corrected chi connectivity index (χ1v) is 25.1. The molecular formula is C54H82N4O4. The van der Waals surface area contributed by atoms with Crippen LogP contribution in [0, 0.1) is 63.1 Å². The van der Waals surface area contributed by atoms with E-state index in [1.54, 1.807) is 0 Å². The number of amides is 2. The molecular weight excluding hydrogens is 769 g/mol. The lowest BCUT2D eigenvalue weighted by Gasteiger charge is -2.69. The largest absolute Gasteiger partial charge is 0.494 e. The minimum Gasteiger partial charge on any atom is -0.494 e. The molecule has 0 spiro atoms. The van der Waals surface area contributed by atoms with E-state index in [0.29, 0.717) is 96.5 Å². The quantitative estimate of drug-likeness (QED) is 0.150. The fourth-order valence-corrected chi connectivity index (χ4v) is 15.9. The highest BCUT2D eigenvalue weighted by molar-refractivity contribution is 5.94. The second kappa shape index (κ2) is 18.1. The molecule has 2 aromatic carbocycles. The normalized spacial score (nSPS) is 37.7. The molecule has 12 atom stereocenters. The molecule has 12 unspecified atom stereocenters. The minimum absolute atomic E-state index is 0.0276. The molecule has 1 aliphatic heterocycles. The monoisotopic (exact) mass is 851 g/mol. The third-order valence-electron chi connectivity index (χ3n) is 18.7. The van der Waals surface area contributed by atoms with Crippen molar-refractivity contribution in [2.45, 2.75) is 157 Å². The first kappa shape index (κ1) is 45.6. The number of nitrogens with one attached hydrogen (secondary N) is 3. The standard InChI is InChI=1S/C54H82N4O4/c1-35(2)42-19-26-54(27-20-44-43(48(42)54)17-18-46-52(44,7)24-21-45-51(5,6)47(59)22-25-53(45,46)8)50(61)55-28-23-38-11-9-12-40(31-38)49(60)56-32-39-13-15-41(16-14-39)62-30-10-29-58-33-36(3)57-37(4)34-58/h9,11-16,31,35-37,42-48,57,59H,10,17-30,32-34H2,1-8H3,(H,55,61)(H,56,60).